The van der Waals surface area contributed by atoms with E-state index in [1.807, 2.05) is 30.3 Å². The zero-order valence-corrected chi connectivity index (χ0v) is 13.4. The molecule has 0 saturated heterocycles. The fraction of sp³-hybridized carbons (Fsp3) is 0.333. The van der Waals surface area contributed by atoms with Crippen molar-refractivity contribution in [2.75, 3.05) is 11.9 Å². The zero-order valence-electron chi connectivity index (χ0n) is 11.3. The van der Waals surface area contributed by atoms with Crippen molar-refractivity contribution in [1.82, 2.24) is 9.97 Å². The highest BCUT2D eigenvalue weighted by atomic mass is 127. The SMILES string of the molecule is CCNc1cc(Oc2cccc(I)c2)nc(C2CC2)n1. The molecule has 0 spiro atoms. The second-order valence-electron chi connectivity index (χ2n) is 4.81. The lowest BCUT2D eigenvalue weighted by atomic mass is 10.3. The number of benzene rings is 1. The van der Waals surface area contributed by atoms with Crippen LogP contribution in [0.15, 0.2) is 30.3 Å². The maximum Gasteiger partial charge on any atom is 0.224 e. The van der Waals surface area contributed by atoms with E-state index in [9.17, 15) is 0 Å². The van der Waals surface area contributed by atoms with E-state index < -0.39 is 0 Å². The molecule has 2 aromatic rings. The summed E-state index contributed by atoms with van der Waals surface area (Å²) in [5.74, 6) is 3.65. The quantitative estimate of drug-likeness (QED) is 0.790. The smallest absolute Gasteiger partial charge is 0.224 e. The summed E-state index contributed by atoms with van der Waals surface area (Å²) in [7, 11) is 0. The van der Waals surface area contributed by atoms with E-state index in [0.717, 1.165) is 27.5 Å². The summed E-state index contributed by atoms with van der Waals surface area (Å²) in [6, 6.07) is 9.80. The van der Waals surface area contributed by atoms with Gasteiger partial charge in [0, 0.05) is 22.1 Å². The largest absolute Gasteiger partial charge is 0.439 e. The average Bonchev–Trinajstić information content (AvgIpc) is 3.23. The highest BCUT2D eigenvalue weighted by Gasteiger charge is 2.27. The molecule has 3 rings (SSSR count). The third-order valence-corrected chi connectivity index (χ3v) is 3.71. The minimum atomic E-state index is 0.506. The minimum Gasteiger partial charge on any atom is -0.439 e. The predicted octanol–water partition coefficient (Wildman–Crippen LogP) is 4.18. The summed E-state index contributed by atoms with van der Waals surface area (Å²) in [5, 5.41) is 3.24. The van der Waals surface area contributed by atoms with Crippen molar-refractivity contribution in [3.63, 3.8) is 0 Å². The van der Waals surface area contributed by atoms with E-state index in [0.29, 0.717) is 11.8 Å². The van der Waals surface area contributed by atoms with E-state index in [1.165, 1.54) is 12.8 Å². The van der Waals surface area contributed by atoms with E-state index in [1.54, 1.807) is 0 Å². The van der Waals surface area contributed by atoms with Gasteiger partial charge in [-0.2, -0.15) is 4.98 Å². The molecule has 1 saturated carbocycles. The van der Waals surface area contributed by atoms with Crippen LogP contribution in [-0.2, 0) is 0 Å². The Balaban J connectivity index is 1.87. The van der Waals surface area contributed by atoms with Gasteiger partial charge in [0.1, 0.15) is 17.4 Å². The van der Waals surface area contributed by atoms with Crippen LogP contribution < -0.4 is 10.1 Å². The standard InChI is InChI=1S/C15H16IN3O/c1-2-17-13-9-14(19-15(18-13)10-6-7-10)20-12-5-3-4-11(16)8-12/h3-5,8-10H,2,6-7H2,1H3,(H,17,18,19). The molecule has 104 valence electrons. The second kappa shape index (κ2) is 5.95. The zero-order chi connectivity index (χ0) is 13.9. The Hall–Kier alpha value is -1.37. The highest BCUT2D eigenvalue weighted by molar-refractivity contribution is 14.1. The number of hydrogen-bond donors (Lipinski definition) is 1. The van der Waals surface area contributed by atoms with E-state index >= 15 is 0 Å². The van der Waals surface area contributed by atoms with Crippen LogP contribution in [0.1, 0.15) is 31.5 Å². The molecule has 5 heteroatoms. The Kier molecular flexibility index (Phi) is 4.05. The summed E-state index contributed by atoms with van der Waals surface area (Å²) in [5.41, 5.74) is 0. The molecule has 4 nitrogen and oxygen atoms in total. The molecular weight excluding hydrogens is 365 g/mol. The fourth-order valence-corrected chi connectivity index (χ4v) is 2.46. The first kappa shape index (κ1) is 13.6. The number of anilines is 1. The van der Waals surface area contributed by atoms with Gasteiger partial charge in [0.15, 0.2) is 0 Å². The first-order chi connectivity index (χ1) is 9.74. The topological polar surface area (TPSA) is 47.0 Å². The van der Waals surface area contributed by atoms with Gasteiger partial charge < -0.3 is 10.1 Å². The van der Waals surface area contributed by atoms with Crippen LogP contribution in [0.4, 0.5) is 5.82 Å². The van der Waals surface area contributed by atoms with Gasteiger partial charge in [0.05, 0.1) is 0 Å². The van der Waals surface area contributed by atoms with Crippen molar-refractivity contribution in [2.45, 2.75) is 25.7 Å². The highest BCUT2D eigenvalue weighted by Crippen LogP contribution is 2.39. The third-order valence-electron chi connectivity index (χ3n) is 3.04. The fourth-order valence-electron chi connectivity index (χ4n) is 1.94. The van der Waals surface area contributed by atoms with Gasteiger partial charge in [-0.05, 0) is 60.6 Å². The number of rotatable bonds is 5. The Morgan fingerprint density at radius 2 is 2.15 bits per heavy atom. The number of hydrogen-bond acceptors (Lipinski definition) is 4. The predicted molar refractivity (Wildman–Crippen MR) is 87.4 cm³/mol. The maximum absolute atomic E-state index is 5.87. The normalized spacial score (nSPS) is 14.1. The summed E-state index contributed by atoms with van der Waals surface area (Å²) in [6.07, 6.45) is 2.36. The van der Waals surface area contributed by atoms with Crippen molar-refractivity contribution >= 4 is 28.4 Å². The molecular formula is C15H16IN3O. The van der Waals surface area contributed by atoms with Gasteiger partial charge in [-0.25, -0.2) is 4.98 Å². The third kappa shape index (κ3) is 3.39. The second-order valence-corrected chi connectivity index (χ2v) is 6.06. The van der Waals surface area contributed by atoms with Gasteiger partial charge in [-0.3, -0.25) is 0 Å². The van der Waals surface area contributed by atoms with Crippen molar-refractivity contribution < 1.29 is 4.74 Å². The molecule has 1 aliphatic carbocycles. The maximum atomic E-state index is 5.87. The Bertz CT molecular complexity index is 614. The molecule has 0 bridgehead atoms. The lowest BCUT2D eigenvalue weighted by Gasteiger charge is -2.09. The molecule has 1 N–H and O–H groups in total. The van der Waals surface area contributed by atoms with Crippen molar-refractivity contribution in [2.24, 2.45) is 0 Å². The molecule has 20 heavy (non-hydrogen) atoms. The summed E-state index contributed by atoms with van der Waals surface area (Å²) in [6.45, 7) is 2.89. The van der Waals surface area contributed by atoms with Crippen molar-refractivity contribution in [3.05, 3.63) is 39.7 Å². The molecule has 1 aromatic heterocycles. The van der Waals surface area contributed by atoms with Gasteiger partial charge >= 0.3 is 0 Å². The Morgan fingerprint density at radius 3 is 2.85 bits per heavy atom. The number of nitrogens with one attached hydrogen (secondary N) is 1. The lowest BCUT2D eigenvalue weighted by Crippen LogP contribution is -2.04. The number of halogens is 1. The van der Waals surface area contributed by atoms with Gasteiger partial charge in [0.2, 0.25) is 5.88 Å². The first-order valence-corrected chi connectivity index (χ1v) is 7.88. The Labute approximate surface area is 132 Å². The molecule has 0 atom stereocenters. The van der Waals surface area contributed by atoms with Gasteiger partial charge in [-0.15, -0.1) is 0 Å². The molecule has 0 unspecified atom stereocenters. The van der Waals surface area contributed by atoms with Crippen LogP contribution >= 0.6 is 22.6 Å². The molecule has 1 fully saturated rings. The first-order valence-electron chi connectivity index (χ1n) is 6.81. The van der Waals surface area contributed by atoms with Gasteiger partial charge in [-0.1, -0.05) is 6.07 Å². The summed E-state index contributed by atoms with van der Waals surface area (Å²) >= 11 is 2.27. The van der Waals surface area contributed by atoms with Crippen LogP contribution in [0.5, 0.6) is 11.6 Å². The van der Waals surface area contributed by atoms with Crippen molar-refractivity contribution in [3.8, 4) is 11.6 Å². The number of ether oxygens (including phenoxy) is 1. The number of nitrogens with zero attached hydrogens (tertiary/aromatic N) is 2. The Morgan fingerprint density at radius 1 is 1.30 bits per heavy atom. The molecule has 0 aliphatic heterocycles. The van der Waals surface area contributed by atoms with E-state index in [4.69, 9.17) is 4.74 Å². The van der Waals surface area contributed by atoms with Crippen molar-refractivity contribution in [1.29, 1.82) is 0 Å². The van der Waals surface area contributed by atoms with Crippen LogP contribution in [0.25, 0.3) is 0 Å². The van der Waals surface area contributed by atoms with Crippen LogP contribution in [0.3, 0.4) is 0 Å². The average molecular weight is 381 g/mol. The van der Waals surface area contributed by atoms with E-state index in [2.05, 4.69) is 44.8 Å². The monoisotopic (exact) mass is 381 g/mol. The summed E-state index contributed by atoms with van der Waals surface area (Å²) < 4.78 is 7.01. The molecule has 1 heterocycles. The van der Waals surface area contributed by atoms with Crippen LogP contribution in [0.2, 0.25) is 0 Å². The molecule has 1 aliphatic rings. The van der Waals surface area contributed by atoms with Crippen LogP contribution in [-0.4, -0.2) is 16.5 Å². The lowest BCUT2D eigenvalue weighted by molar-refractivity contribution is 0.458. The van der Waals surface area contributed by atoms with Crippen LogP contribution in [0, 0.1) is 3.57 Å². The van der Waals surface area contributed by atoms with E-state index in [-0.39, 0.29) is 0 Å². The minimum absolute atomic E-state index is 0.506. The number of aromatic nitrogens is 2. The summed E-state index contributed by atoms with van der Waals surface area (Å²) in [4.78, 5) is 9.07. The van der Waals surface area contributed by atoms with Gasteiger partial charge in [0.25, 0.3) is 0 Å². The molecule has 0 radical (unpaired) electrons. The molecule has 1 aromatic carbocycles. The molecule has 0 amide bonds.